The highest BCUT2D eigenvalue weighted by atomic mass is 32.2. The number of carbonyl (C=O) groups is 1. The minimum Gasteiger partial charge on any atom is -0.383 e. The minimum absolute atomic E-state index is 0.0508. The third-order valence-corrected chi connectivity index (χ3v) is 4.46. The summed E-state index contributed by atoms with van der Waals surface area (Å²) in [7, 11) is 0. The molecule has 128 valence electrons. The molecule has 1 amide bonds. The number of nitrogens with zero attached hydrogens (tertiary/aromatic N) is 2. The van der Waals surface area contributed by atoms with Crippen molar-refractivity contribution in [3.63, 3.8) is 0 Å². The number of hydrogen-bond acceptors (Lipinski definition) is 6. The summed E-state index contributed by atoms with van der Waals surface area (Å²) in [5.74, 6) is 0.549. The zero-order valence-electron chi connectivity index (χ0n) is 13.9. The quantitative estimate of drug-likeness (QED) is 0.525. The highest BCUT2D eigenvalue weighted by molar-refractivity contribution is 8.00. The molecule has 0 aliphatic rings. The first-order valence-electron chi connectivity index (χ1n) is 7.85. The van der Waals surface area contributed by atoms with E-state index in [4.69, 9.17) is 11.5 Å². The van der Waals surface area contributed by atoms with Crippen molar-refractivity contribution in [1.82, 2.24) is 15.3 Å². The van der Waals surface area contributed by atoms with E-state index in [1.165, 1.54) is 23.4 Å². The van der Waals surface area contributed by atoms with Crippen LogP contribution in [0.15, 0.2) is 41.6 Å². The van der Waals surface area contributed by atoms with Crippen molar-refractivity contribution in [3.8, 4) is 0 Å². The van der Waals surface area contributed by atoms with E-state index in [1.54, 1.807) is 0 Å². The summed E-state index contributed by atoms with van der Waals surface area (Å²) >= 11 is 1.24. The van der Waals surface area contributed by atoms with E-state index in [2.05, 4.69) is 27.4 Å². The Labute approximate surface area is 146 Å². The summed E-state index contributed by atoms with van der Waals surface area (Å²) in [6.07, 6.45) is 1.81. The Kier molecular flexibility index (Phi) is 6.43. The number of hydrogen-bond donors (Lipinski definition) is 3. The van der Waals surface area contributed by atoms with Gasteiger partial charge in [0.2, 0.25) is 5.91 Å². The van der Waals surface area contributed by atoms with Crippen molar-refractivity contribution in [2.24, 2.45) is 0 Å². The molecule has 5 N–H and O–H groups in total. The van der Waals surface area contributed by atoms with Crippen LogP contribution in [-0.2, 0) is 11.2 Å². The van der Waals surface area contributed by atoms with Crippen molar-refractivity contribution >= 4 is 29.3 Å². The van der Waals surface area contributed by atoms with Gasteiger partial charge in [0.05, 0.1) is 5.25 Å². The highest BCUT2D eigenvalue weighted by Gasteiger charge is 2.18. The Morgan fingerprint density at radius 3 is 2.42 bits per heavy atom. The Morgan fingerprint density at radius 1 is 1.17 bits per heavy atom. The first-order valence-corrected chi connectivity index (χ1v) is 8.73. The lowest BCUT2D eigenvalue weighted by Crippen LogP contribution is -2.38. The molecule has 0 saturated heterocycles. The van der Waals surface area contributed by atoms with E-state index in [0.717, 1.165) is 12.8 Å². The van der Waals surface area contributed by atoms with Crippen molar-refractivity contribution in [3.05, 3.63) is 42.0 Å². The molecule has 2 atom stereocenters. The van der Waals surface area contributed by atoms with Gasteiger partial charge in [0.25, 0.3) is 0 Å². The van der Waals surface area contributed by atoms with Crippen molar-refractivity contribution in [1.29, 1.82) is 0 Å². The monoisotopic (exact) mass is 345 g/mol. The molecule has 1 aromatic heterocycles. The van der Waals surface area contributed by atoms with Crippen LogP contribution in [0.5, 0.6) is 0 Å². The molecule has 0 fully saturated rings. The number of aryl methyl sites for hydroxylation is 1. The van der Waals surface area contributed by atoms with Crippen molar-refractivity contribution in [2.45, 2.75) is 43.1 Å². The normalized spacial score (nSPS) is 13.2. The molecule has 2 unspecified atom stereocenters. The predicted molar refractivity (Wildman–Crippen MR) is 98.5 cm³/mol. The number of nitrogen functional groups attached to an aromatic ring is 2. The highest BCUT2D eigenvalue weighted by Crippen LogP contribution is 2.21. The minimum atomic E-state index is -0.328. The second-order valence-electron chi connectivity index (χ2n) is 5.69. The van der Waals surface area contributed by atoms with Crippen LogP contribution in [-0.4, -0.2) is 27.2 Å². The second kappa shape index (κ2) is 8.54. The third kappa shape index (κ3) is 5.73. The molecule has 7 heteroatoms. The number of amides is 1. The van der Waals surface area contributed by atoms with Gasteiger partial charge in [-0.3, -0.25) is 4.79 Å². The lowest BCUT2D eigenvalue weighted by molar-refractivity contribution is -0.120. The summed E-state index contributed by atoms with van der Waals surface area (Å²) in [5.41, 5.74) is 12.6. The summed E-state index contributed by atoms with van der Waals surface area (Å²) in [4.78, 5) is 20.5. The maximum atomic E-state index is 12.3. The van der Waals surface area contributed by atoms with Crippen molar-refractivity contribution in [2.75, 3.05) is 11.5 Å². The molecule has 0 bridgehead atoms. The van der Waals surface area contributed by atoms with E-state index < -0.39 is 0 Å². The van der Waals surface area contributed by atoms with Crippen LogP contribution in [0.25, 0.3) is 0 Å². The number of benzene rings is 1. The fourth-order valence-electron chi connectivity index (χ4n) is 2.19. The van der Waals surface area contributed by atoms with Gasteiger partial charge < -0.3 is 16.8 Å². The smallest absolute Gasteiger partial charge is 0.233 e. The Bertz CT molecular complexity index is 660. The molecule has 0 spiro atoms. The molecule has 2 aromatic rings. The van der Waals surface area contributed by atoms with Crippen LogP contribution in [0.3, 0.4) is 0 Å². The van der Waals surface area contributed by atoms with Gasteiger partial charge in [-0.05, 0) is 32.3 Å². The van der Waals surface area contributed by atoms with Crippen LogP contribution < -0.4 is 16.8 Å². The van der Waals surface area contributed by atoms with Gasteiger partial charge in [-0.25, -0.2) is 9.97 Å². The topological polar surface area (TPSA) is 107 Å². The zero-order chi connectivity index (χ0) is 17.5. The fourth-order valence-corrected chi connectivity index (χ4v) is 2.99. The van der Waals surface area contributed by atoms with Gasteiger partial charge in [-0.2, -0.15) is 0 Å². The Morgan fingerprint density at radius 2 is 1.79 bits per heavy atom. The van der Waals surface area contributed by atoms with Crippen LogP contribution in [0.1, 0.15) is 25.8 Å². The lowest BCUT2D eigenvalue weighted by Gasteiger charge is -2.17. The Balaban J connectivity index is 1.82. The first kappa shape index (κ1) is 18.1. The summed E-state index contributed by atoms with van der Waals surface area (Å²) in [6.45, 7) is 3.82. The van der Waals surface area contributed by atoms with Gasteiger partial charge >= 0.3 is 0 Å². The van der Waals surface area contributed by atoms with Crippen LogP contribution in [0, 0.1) is 0 Å². The van der Waals surface area contributed by atoms with Gasteiger partial charge in [-0.1, -0.05) is 42.1 Å². The standard InChI is InChI=1S/C17H23N5OS/c1-11(8-9-13-6-4-3-5-7-13)20-16(23)12(2)24-17-21-14(18)10-15(19)22-17/h3-7,10-12H,8-9H2,1-2H3,(H,20,23)(H4,18,19,21,22). The molecule has 1 aromatic carbocycles. The second-order valence-corrected chi connectivity index (χ2v) is 7.00. The third-order valence-electron chi connectivity index (χ3n) is 3.49. The van der Waals surface area contributed by atoms with E-state index in [1.807, 2.05) is 32.0 Å². The maximum absolute atomic E-state index is 12.3. The van der Waals surface area contributed by atoms with E-state index in [-0.39, 0.29) is 17.2 Å². The van der Waals surface area contributed by atoms with E-state index in [9.17, 15) is 4.79 Å². The number of anilines is 2. The van der Waals surface area contributed by atoms with Crippen LogP contribution >= 0.6 is 11.8 Å². The molecule has 2 rings (SSSR count). The average molecular weight is 345 g/mol. The Hall–Kier alpha value is -2.28. The number of rotatable bonds is 7. The predicted octanol–water partition coefficient (Wildman–Crippen LogP) is 2.26. The molecule has 6 nitrogen and oxygen atoms in total. The summed E-state index contributed by atoms with van der Waals surface area (Å²) < 4.78 is 0. The molecular weight excluding hydrogens is 322 g/mol. The molecule has 24 heavy (non-hydrogen) atoms. The number of carbonyl (C=O) groups excluding carboxylic acids is 1. The number of nitrogens with one attached hydrogen (secondary N) is 1. The number of thioether (sulfide) groups is 1. The summed E-state index contributed by atoms with van der Waals surface area (Å²) in [6, 6.07) is 11.8. The van der Waals surface area contributed by atoms with E-state index in [0.29, 0.717) is 16.8 Å². The number of aromatic nitrogens is 2. The van der Waals surface area contributed by atoms with Gasteiger partial charge in [0.1, 0.15) is 11.6 Å². The average Bonchev–Trinajstić information content (AvgIpc) is 2.53. The molecular formula is C17H23N5OS. The molecule has 0 aliphatic carbocycles. The number of nitrogens with two attached hydrogens (primary N) is 2. The van der Waals surface area contributed by atoms with Crippen LogP contribution in [0.2, 0.25) is 0 Å². The van der Waals surface area contributed by atoms with Gasteiger partial charge in [-0.15, -0.1) is 0 Å². The summed E-state index contributed by atoms with van der Waals surface area (Å²) in [5, 5.41) is 3.10. The zero-order valence-corrected chi connectivity index (χ0v) is 14.7. The molecule has 0 aliphatic heterocycles. The van der Waals surface area contributed by atoms with Gasteiger partial charge in [0, 0.05) is 12.1 Å². The first-order chi connectivity index (χ1) is 11.4. The maximum Gasteiger partial charge on any atom is 0.233 e. The van der Waals surface area contributed by atoms with Crippen LogP contribution in [0.4, 0.5) is 11.6 Å². The van der Waals surface area contributed by atoms with Crippen molar-refractivity contribution < 1.29 is 4.79 Å². The van der Waals surface area contributed by atoms with Gasteiger partial charge in [0.15, 0.2) is 5.16 Å². The molecule has 0 saturated carbocycles. The largest absolute Gasteiger partial charge is 0.383 e. The fraction of sp³-hybridized carbons (Fsp3) is 0.353. The van der Waals surface area contributed by atoms with E-state index >= 15 is 0 Å². The molecule has 0 radical (unpaired) electrons. The lowest BCUT2D eigenvalue weighted by atomic mass is 10.1. The molecule has 1 heterocycles. The SMILES string of the molecule is CC(CCc1ccccc1)NC(=O)C(C)Sc1nc(N)cc(N)n1.